The number of hydrogen-bond donors (Lipinski definition) is 3. The van der Waals surface area contributed by atoms with Crippen molar-refractivity contribution in [2.24, 2.45) is 11.8 Å². The van der Waals surface area contributed by atoms with Gasteiger partial charge in [-0.15, -0.1) is 12.6 Å². The molecule has 0 heterocycles. The van der Waals surface area contributed by atoms with Crippen LogP contribution in [0, 0.1) is 11.8 Å². The average Bonchev–Trinajstić information content (AvgIpc) is 3.46. The summed E-state index contributed by atoms with van der Waals surface area (Å²) in [6, 6.07) is 0.332. The van der Waals surface area contributed by atoms with Crippen LogP contribution in [0.1, 0.15) is 51.9 Å². The van der Waals surface area contributed by atoms with Crippen LogP contribution in [0.5, 0.6) is 0 Å². The second-order valence-corrected chi connectivity index (χ2v) is 8.20. The molecule has 3 aliphatic rings. The summed E-state index contributed by atoms with van der Waals surface area (Å²) in [5.74, 6) is -1.53. The largest absolute Gasteiger partial charge is 0.349 e. The van der Waals surface area contributed by atoms with E-state index in [2.05, 4.69) is 23.3 Å². The number of rotatable bonds is 7. The van der Waals surface area contributed by atoms with Crippen molar-refractivity contribution in [3.8, 4) is 0 Å². The van der Waals surface area contributed by atoms with Crippen LogP contribution < -0.4 is 10.6 Å². The van der Waals surface area contributed by atoms with Crippen molar-refractivity contribution in [1.82, 2.24) is 10.6 Å². The van der Waals surface area contributed by atoms with Gasteiger partial charge in [0, 0.05) is 30.8 Å². The number of carbonyl (C=O) groups excluding carboxylic acids is 1. The molecule has 3 nitrogen and oxygen atoms in total. The predicted octanol–water partition coefficient (Wildman–Crippen LogP) is 3.83. The molecule has 1 amide bonds. The molecule has 0 aromatic rings. The van der Waals surface area contributed by atoms with Gasteiger partial charge in [0.25, 0.3) is 5.91 Å². The summed E-state index contributed by atoms with van der Waals surface area (Å²) in [6.07, 6.45) is 8.00. The van der Waals surface area contributed by atoms with E-state index in [1.54, 1.807) is 0 Å². The van der Waals surface area contributed by atoms with E-state index in [9.17, 15) is 13.6 Å². The third-order valence-electron chi connectivity index (χ3n) is 5.51. The number of carbonyl (C=O) groups is 1. The summed E-state index contributed by atoms with van der Waals surface area (Å²) in [4.78, 5) is 12.6. The quantitative estimate of drug-likeness (QED) is 0.362. The first-order chi connectivity index (χ1) is 11.9. The van der Waals surface area contributed by atoms with E-state index in [1.165, 1.54) is 12.8 Å². The molecule has 2 atom stereocenters. The third kappa shape index (κ3) is 5.55. The second kappa shape index (κ2) is 7.78. The number of hydrogen-bond acceptors (Lipinski definition) is 3. The van der Waals surface area contributed by atoms with Crippen molar-refractivity contribution in [3.63, 3.8) is 0 Å². The summed E-state index contributed by atoms with van der Waals surface area (Å²) >= 11 is 4.34. The first-order valence-corrected chi connectivity index (χ1v) is 9.81. The number of amides is 1. The fourth-order valence-electron chi connectivity index (χ4n) is 3.50. The van der Waals surface area contributed by atoms with E-state index < -0.39 is 5.92 Å². The molecule has 3 rings (SSSR count). The molecule has 25 heavy (non-hydrogen) atoms. The summed E-state index contributed by atoms with van der Waals surface area (Å²) < 4.78 is 26.4. The first-order valence-electron chi connectivity index (χ1n) is 9.37. The third-order valence-corrected chi connectivity index (χ3v) is 5.84. The lowest BCUT2D eigenvalue weighted by atomic mass is 9.92. The van der Waals surface area contributed by atoms with Crippen LogP contribution in [0.25, 0.3) is 0 Å². The van der Waals surface area contributed by atoms with Crippen molar-refractivity contribution in [2.45, 2.75) is 69.9 Å². The minimum absolute atomic E-state index is 0.153. The molecule has 0 bridgehead atoms. The molecule has 0 aromatic carbocycles. The smallest absolute Gasteiger partial charge is 0.257 e. The molecule has 6 heteroatoms. The average molecular weight is 371 g/mol. The van der Waals surface area contributed by atoms with Gasteiger partial charge in [0.1, 0.15) is 0 Å². The van der Waals surface area contributed by atoms with Crippen molar-refractivity contribution >= 4 is 18.5 Å². The first kappa shape index (κ1) is 18.9. The Balaban J connectivity index is 1.47. The Bertz CT molecular complexity index is 562. The summed E-state index contributed by atoms with van der Waals surface area (Å²) in [6.45, 7) is 3.08. The number of nitrogens with one attached hydrogen (secondary N) is 2. The Hall–Kier alpha value is -0.880. The van der Waals surface area contributed by atoms with Gasteiger partial charge in [-0.2, -0.15) is 0 Å². The lowest BCUT2D eigenvalue weighted by Crippen LogP contribution is -2.40. The highest BCUT2D eigenvalue weighted by molar-refractivity contribution is 7.85. The Morgan fingerprint density at radius 2 is 1.92 bits per heavy atom. The lowest BCUT2D eigenvalue weighted by Gasteiger charge is -2.28. The summed E-state index contributed by atoms with van der Waals surface area (Å²) in [5.41, 5.74) is 1.13. The van der Waals surface area contributed by atoms with Crippen molar-refractivity contribution in [3.05, 3.63) is 22.6 Å². The fraction of sp³-hybridized carbons (Fsp3) is 0.737. The maximum Gasteiger partial charge on any atom is 0.257 e. The second-order valence-electron chi connectivity index (χ2n) is 7.72. The molecule has 0 radical (unpaired) electrons. The summed E-state index contributed by atoms with van der Waals surface area (Å²) in [7, 11) is 0. The molecule has 0 aliphatic heterocycles. The van der Waals surface area contributed by atoms with Crippen molar-refractivity contribution in [2.75, 3.05) is 6.54 Å². The van der Waals surface area contributed by atoms with Gasteiger partial charge in [-0.1, -0.05) is 6.08 Å². The highest BCUT2D eigenvalue weighted by Gasteiger charge is 2.40. The molecule has 3 aliphatic carbocycles. The van der Waals surface area contributed by atoms with E-state index in [1.807, 2.05) is 19.1 Å². The van der Waals surface area contributed by atoms with Gasteiger partial charge in [-0.3, -0.25) is 4.79 Å². The van der Waals surface area contributed by atoms with E-state index >= 15 is 0 Å². The zero-order chi connectivity index (χ0) is 18.0. The van der Waals surface area contributed by atoms with Crippen LogP contribution in [0.4, 0.5) is 8.78 Å². The molecular formula is C19H28F2N2OS. The fourth-order valence-corrected chi connectivity index (χ4v) is 3.71. The van der Waals surface area contributed by atoms with Gasteiger partial charge in [-0.05, 0) is 63.1 Å². The number of allylic oxidation sites excluding steroid dienone is 2. The molecule has 2 N–H and O–H groups in total. The number of thiol groups is 1. The van der Waals surface area contributed by atoms with Crippen LogP contribution in [-0.2, 0) is 4.79 Å². The zero-order valence-electron chi connectivity index (χ0n) is 14.7. The predicted molar refractivity (Wildman–Crippen MR) is 98.8 cm³/mol. The van der Waals surface area contributed by atoms with Gasteiger partial charge in [0.15, 0.2) is 0 Å². The van der Waals surface area contributed by atoms with Crippen molar-refractivity contribution < 1.29 is 13.6 Å². The van der Waals surface area contributed by atoms with Crippen LogP contribution in [-0.4, -0.2) is 30.5 Å². The Morgan fingerprint density at radius 1 is 1.24 bits per heavy atom. The topological polar surface area (TPSA) is 41.1 Å². The van der Waals surface area contributed by atoms with Crippen LogP contribution in [0.2, 0.25) is 0 Å². The van der Waals surface area contributed by atoms with Crippen molar-refractivity contribution in [1.29, 1.82) is 0 Å². The van der Waals surface area contributed by atoms with Crippen LogP contribution in [0.3, 0.4) is 0 Å². The highest BCUT2D eigenvalue weighted by Crippen LogP contribution is 2.40. The van der Waals surface area contributed by atoms with Crippen LogP contribution in [0.15, 0.2) is 22.6 Å². The van der Waals surface area contributed by atoms with Crippen LogP contribution >= 0.6 is 12.6 Å². The minimum Gasteiger partial charge on any atom is -0.349 e. The highest BCUT2D eigenvalue weighted by atomic mass is 32.1. The van der Waals surface area contributed by atoms with E-state index in [4.69, 9.17) is 0 Å². The Kier molecular flexibility index (Phi) is 5.88. The number of halogens is 2. The molecule has 0 saturated heterocycles. The van der Waals surface area contributed by atoms with Gasteiger partial charge in [-0.25, -0.2) is 8.78 Å². The maximum atomic E-state index is 13.2. The molecule has 0 spiro atoms. The summed E-state index contributed by atoms with van der Waals surface area (Å²) in [5, 5.41) is 6.44. The minimum atomic E-state index is -2.58. The Morgan fingerprint density at radius 3 is 2.52 bits per heavy atom. The van der Waals surface area contributed by atoms with Gasteiger partial charge in [0.05, 0.1) is 4.91 Å². The molecule has 140 valence electrons. The maximum absolute atomic E-state index is 13.2. The van der Waals surface area contributed by atoms with Gasteiger partial charge < -0.3 is 10.6 Å². The van der Waals surface area contributed by atoms with Gasteiger partial charge >= 0.3 is 0 Å². The zero-order valence-corrected chi connectivity index (χ0v) is 15.6. The molecule has 3 saturated carbocycles. The molecule has 3 fully saturated rings. The standard InChI is InChI=1S/C19H28F2N2OS/c1-2-13(15-10-16(15)22-11-12-3-4-12)9-17(25)18(24)23-14-5-7-19(20,21)8-6-14/h2,9,12,14-16,22,25H,3-8,10-11H2,1H3,(H,23,24)/b13-2+,17-9-. The number of alkyl halides is 2. The van der Waals surface area contributed by atoms with E-state index in [-0.39, 0.29) is 24.8 Å². The molecular weight excluding hydrogens is 342 g/mol. The van der Waals surface area contributed by atoms with Gasteiger partial charge in [0.2, 0.25) is 5.92 Å². The molecule has 2 unspecified atom stereocenters. The monoisotopic (exact) mass is 370 g/mol. The molecule has 0 aromatic heterocycles. The lowest BCUT2D eigenvalue weighted by molar-refractivity contribution is -0.118. The van der Waals surface area contributed by atoms with E-state index in [0.717, 1.165) is 24.5 Å². The normalized spacial score (nSPS) is 30.2. The SMILES string of the molecule is C/C=C(\C=C(/S)C(=O)NC1CCC(F)(F)CC1)C1CC1NCC1CC1. The Labute approximate surface area is 154 Å². The van der Waals surface area contributed by atoms with E-state index in [0.29, 0.717) is 29.7 Å².